The molecule has 0 saturated carbocycles. The van der Waals surface area contributed by atoms with Gasteiger partial charge in [0.2, 0.25) is 11.1 Å². The van der Waals surface area contributed by atoms with Crippen LogP contribution in [0, 0.1) is 5.82 Å². The molecule has 0 atom stereocenters. The Hall–Kier alpha value is -2.98. The molecule has 1 aliphatic rings. The molecule has 1 fully saturated rings. The van der Waals surface area contributed by atoms with Crippen molar-refractivity contribution in [3.8, 4) is 5.69 Å². The fraction of sp³-hybridized carbons (Fsp3) is 0.263. The average Bonchev–Trinajstić information content (AvgIpc) is 3.22. The summed E-state index contributed by atoms with van der Waals surface area (Å²) in [6.45, 7) is 2.91. The molecule has 2 heterocycles. The molecule has 0 radical (unpaired) electrons. The summed E-state index contributed by atoms with van der Waals surface area (Å²) in [5.41, 5.74) is 2.36. The van der Waals surface area contributed by atoms with E-state index in [1.807, 2.05) is 24.3 Å². The summed E-state index contributed by atoms with van der Waals surface area (Å²) in [7, 11) is 0. The lowest BCUT2D eigenvalue weighted by atomic mass is 10.2. The van der Waals surface area contributed by atoms with Gasteiger partial charge in [-0.25, -0.2) is 4.39 Å². The fourth-order valence-corrected chi connectivity index (χ4v) is 3.68. The number of nitrogens with zero attached hydrogens (tertiary/aromatic N) is 5. The Morgan fingerprint density at radius 1 is 1.14 bits per heavy atom. The molecule has 0 aliphatic carbocycles. The first-order chi connectivity index (χ1) is 14.2. The molecule has 1 saturated heterocycles. The van der Waals surface area contributed by atoms with E-state index in [1.54, 1.807) is 12.1 Å². The Morgan fingerprint density at radius 2 is 1.90 bits per heavy atom. The van der Waals surface area contributed by atoms with E-state index in [-0.39, 0.29) is 17.5 Å². The molecule has 1 N–H and O–H groups in total. The van der Waals surface area contributed by atoms with E-state index in [9.17, 15) is 9.18 Å². The number of aromatic nitrogens is 4. The van der Waals surface area contributed by atoms with Crippen LogP contribution in [-0.4, -0.2) is 58.2 Å². The molecular weight excluding hydrogens is 395 g/mol. The number of hydrogen-bond acceptors (Lipinski definition) is 7. The molecular formula is C19H19FN6O2S. The number of rotatable bonds is 6. The minimum Gasteiger partial charge on any atom is -0.378 e. The van der Waals surface area contributed by atoms with Crippen molar-refractivity contribution >= 4 is 29.0 Å². The maximum Gasteiger partial charge on any atom is 0.234 e. The molecule has 2 aromatic carbocycles. The van der Waals surface area contributed by atoms with Crippen LogP contribution in [0.1, 0.15) is 0 Å². The van der Waals surface area contributed by atoms with E-state index in [0.29, 0.717) is 24.1 Å². The van der Waals surface area contributed by atoms with Crippen molar-refractivity contribution in [2.24, 2.45) is 0 Å². The first-order valence-electron chi connectivity index (χ1n) is 9.09. The van der Waals surface area contributed by atoms with Gasteiger partial charge in [0.15, 0.2) is 0 Å². The highest BCUT2D eigenvalue weighted by Gasteiger charge is 2.17. The third-order valence-electron chi connectivity index (χ3n) is 4.37. The number of carbonyl (C=O) groups is 1. The highest BCUT2D eigenvalue weighted by atomic mass is 32.2. The Bertz CT molecular complexity index is 975. The van der Waals surface area contributed by atoms with Gasteiger partial charge < -0.3 is 15.0 Å². The SMILES string of the molecule is O=C(CSc1nnnn1-c1ccc(F)cc1)Nc1ccccc1N1CCOCC1. The molecule has 3 aromatic rings. The fourth-order valence-electron chi connectivity index (χ4n) is 2.99. The number of amides is 1. The van der Waals surface area contributed by atoms with Gasteiger partial charge in [-0.15, -0.1) is 5.10 Å². The van der Waals surface area contributed by atoms with Crippen molar-refractivity contribution in [3.05, 3.63) is 54.3 Å². The van der Waals surface area contributed by atoms with Crippen molar-refractivity contribution in [1.82, 2.24) is 20.2 Å². The van der Waals surface area contributed by atoms with Gasteiger partial charge in [-0.2, -0.15) is 4.68 Å². The molecule has 29 heavy (non-hydrogen) atoms. The first-order valence-corrected chi connectivity index (χ1v) is 10.1. The largest absolute Gasteiger partial charge is 0.378 e. The molecule has 4 rings (SSSR count). The smallest absolute Gasteiger partial charge is 0.234 e. The molecule has 1 aliphatic heterocycles. The molecule has 0 spiro atoms. The Kier molecular flexibility index (Phi) is 6.01. The number of tetrazole rings is 1. The lowest BCUT2D eigenvalue weighted by molar-refractivity contribution is -0.113. The molecule has 150 valence electrons. The van der Waals surface area contributed by atoms with Crippen LogP contribution in [0.4, 0.5) is 15.8 Å². The normalized spacial score (nSPS) is 14.0. The Labute approximate surface area is 171 Å². The second-order valence-electron chi connectivity index (χ2n) is 6.30. The summed E-state index contributed by atoms with van der Waals surface area (Å²) < 4.78 is 20.0. The zero-order chi connectivity index (χ0) is 20.1. The maximum atomic E-state index is 13.1. The number of carbonyl (C=O) groups excluding carboxylic acids is 1. The first kappa shape index (κ1) is 19.3. The maximum absolute atomic E-state index is 13.1. The van der Waals surface area contributed by atoms with Crippen LogP contribution in [0.15, 0.2) is 53.7 Å². The van der Waals surface area contributed by atoms with E-state index >= 15 is 0 Å². The predicted molar refractivity (Wildman–Crippen MR) is 108 cm³/mol. The van der Waals surface area contributed by atoms with Crippen LogP contribution in [-0.2, 0) is 9.53 Å². The zero-order valence-electron chi connectivity index (χ0n) is 15.5. The molecule has 10 heteroatoms. The summed E-state index contributed by atoms with van der Waals surface area (Å²) >= 11 is 1.21. The lowest BCUT2D eigenvalue weighted by Gasteiger charge is -2.30. The zero-order valence-corrected chi connectivity index (χ0v) is 16.3. The van der Waals surface area contributed by atoms with Crippen LogP contribution < -0.4 is 10.2 Å². The molecule has 0 bridgehead atoms. The van der Waals surface area contributed by atoms with Crippen LogP contribution >= 0.6 is 11.8 Å². The van der Waals surface area contributed by atoms with Crippen LogP contribution in [0.25, 0.3) is 5.69 Å². The number of morpholine rings is 1. The number of hydrogen-bond donors (Lipinski definition) is 1. The van der Waals surface area contributed by atoms with Gasteiger partial charge in [0.05, 0.1) is 36.0 Å². The van der Waals surface area contributed by atoms with Crippen molar-refractivity contribution < 1.29 is 13.9 Å². The number of nitrogens with one attached hydrogen (secondary N) is 1. The quantitative estimate of drug-likeness (QED) is 0.620. The summed E-state index contributed by atoms with van der Waals surface area (Å²) in [6.07, 6.45) is 0. The molecule has 1 amide bonds. The predicted octanol–water partition coefficient (Wildman–Crippen LogP) is 2.37. The Morgan fingerprint density at radius 3 is 2.69 bits per heavy atom. The van der Waals surface area contributed by atoms with Gasteiger partial charge in [0.1, 0.15) is 5.82 Å². The van der Waals surface area contributed by atoms with Gasteiger partial charge in [-0.3, -0.25) is 4.79 Å². The number of anilines is 2. The lowest BCUT2D eigenvalue weighted by Crippen LogP contribution is -2.36. The molecule has 1 aromatic heterocycles. The van der Waals surface area contributed by atoms with Crippen molar-refractivity contribution in [2.75, 3.05) is 42.3 Å². The monoisotopic (exact) mass is 414 g/mol. The minimum atomic E-state index is -0.339. The van der Waals surface area contributed by atoms with Gasteiger partial charge in [0, 0.05) is 13.1 Å². The summed E-state index contributed by atoms with van der Waals surface area (Å²) in [5, 5.41) is 14.9. The van der Waals surface area contributed by atoms with Gasteiger partial charge in [-0.05, 0) is 46.8 Å². The topological polar surface area (TPSA) is 85.2 Å². The summed E-state index contributed by atoms with van der Waals surface area (Å²) in [6, 6.07) is 13.5. The van der Waals surface area contributed by atoms with E-state index in [1.165, 1.54) is 28.6 Å². The summed E-state index contributed by atoms with van der Waals surface area (Å²) in [5.74, 6) is -0.363. The number of para-hydroxylation sites is 2. The Balaban J connectivity index is 1.41. The molecule has 8 nitrogen and oxygen atoms in total. The van der Waals surface area contributed by atoms with Crippen LogP contribution in [0.2, 0.25) is 0 Å². The van der Waals surface area contributed by atoms with Gasteiger partial charge in [-0.1, -0.05) is 23.9 Å². The average molecular weight is 414 g/mol. The van der Waals surface area contributed by atoms with Crippen molar-refractivity contribution in [2.45, 2.75) is 5.16 Å². The van der Waals surface area contributed by atoms with Crippen molar-refractivity contribution in [1.29, 1.82) is 0 Å². The van der Waals surface area contributed by atoms with Crippen LogP contribution in [0.5, 0.6) is 0 Å². The molecule has 0 unspecified atom stereocenters. The van der Waals surface area contributed by atoms with Gasteiger partial charge in [0.25, 0.3) is 0 Å². The van der Waals surface area contributed by atoms with E-state index in [4.69, 9.17) is 4.74 Å². The van der Waals surface area contributed by atoms with E-state index in [0.717, 1.165) is 24.5 Å². The van der Waals surface area contributed by atoms with Crippen molar-refractivity contribution in [3.63, 3.8) is 0 Å². The standard InChI is InChI=1S/C19H19FN6O2S/c20-14-5-7-15(8-6-14)26-19(22-23-24-26)29-13-18(27)21-16-3-1-2-4-17(16)25-9-11-28-12-10-25/h1-8H,9-13H2,(H,21,27). The summed E-state index contributed by atoms with van der Waals surface area (Å²) in [4.78, 5) is 14.7. The highest BCUT2D eigenvalue weighted by Crippen LogP contribution is 2.27. The third kappa shape index (κ3) is 4.72. The van der Waals surface area contributed by atoms with E-state index in [2.05, 4.69) is 25.7 Å². The number of ether oxygens (including phenoxy) is 1. The number of thioether (sulfide) groups is 1. The number of halogens is 1. The minimum absolute atomic E-state index is 0.138. The van der Waals surface area contributed by atoms with E-state index < -0.39 is 0 Å². The van der Waals surface area contributed by atoms with Gasteiger partial charge >= 0.3 is 0 Å². The highest BCUT2D eigenvalue weighted by molar-refractivity contribution is 7.99. The van der Waals surface area contributed by atoms with Crippen LogP contribution in [0.3, 0.4) is 0 Å². The second kappa shape index (κ2) is 9.01. The number of benzene rings is 2. The third-order valence-corrected chi connectivity index (χ3v) is 5.29. The second-order valence-corrected chi connectivity index (χ2v) is 7.25.